The van der Waals surface area contributed by atoms with E-state index in [-0.39, 0.29) is 18.3 Å². The van der Waals surface area contributed by atoms with Crippen LogP contribution in [0.5, 0.6) is 0 Å². The summed E-state index contributed by atoms with van der Waals surface area (Å²) >= 11 is 0. The normalized spacial score (nSPS) is 11.3. The SMILES string of the molecule is Cc1nn(-c2ccc(F)cc2)c(C)c1C(=O)NCc1ccccc1NS(C)(=O)=O. The molecule has 1 heterocycles. The third kappa shape index (κ3) is 4.80. The van der Waals surface area contributed by atoms with E-state index in [1.54, 1.807) is 54.9 Å². The largest absolute Gasteiger partial charge is 0.348 e. The van der Waals surface area contributed by atoms with Gasteiger partial charge in [0.15, 0.2) is 0 Å². The molecule has 0 aliphatic rings. The second-order valence-electron chi connectivity index (χ2n) is 6.65. The molecular formula is C20H21FN4O3S. The maximum absolute atomic E-state index is 13.2. The minimum atomic E-state index is -3.44. The summed E-state index contributed by atoms with van der Waals surface area (Å²) in [6.07, 6.45) is 1.07. The van der Waals surface area contributed by atoms with Crippen LogP contribution in [-0.4, -0.2) is 30.4 Å². The zero-order valence-corrected chi connectivity index (χ0v) is 17.0. The second-order valence-corrected chi connectivity index (χ2v) is 8.40. The summed E-state index contributed by atoms with van der Waals surface area (Å²) in [4.78, 5) is 12.8. The fourth-order valence-electron chi connectivity index (χ4n) is 3.04. The molecule has 0 spiro atoms. The van der Waals surface area contributed by atoms with Crippen molar-refractivity contribution in [2.24, 2.45) is 0 Å². The molecule has 7 nitrogen and oxygen atoms in total. The average Bonchev–Trinajstić information content (AvgIpc) is 2.94. The molecule has 2 N–H and O–H groups in total. The first kappa shape index (κ1) is 20.5. The van der Waals surface area contributed by atoms with E-state index < -0.39 is 10.0 Å². The minimum Gasteiger partial charge on any atom is -0.348 e. The number of nitrogens with one attached hydrogen (secondary N) is 2. The molecule has 152 valence electrons. The molecule has 0 aliphatic heterocycles. The van der Waals surface area contributed by atoms with Crippen molar-refractivity contribution >= 4 is 21.6 Å². The lowest BCUT2D eigenvalue weighted by molar-refractivity contribution is 0.0949. The second kappa shape index (κ2) is 8.04. The highest BCUT2D eigenvalue weighted by Gasteiger charge is 2.19. The Labute approximate surface area is 168 Å². The van der Waals surface area contributed by atoms with Gasteiger partial charge in [-0.05, 0) is 49.7 Å². The zero-order chi connectivity index (χ0) is 21.2. The molecule has 3 aromatic rings. The van der Waals surface area contributed by atoms with Crippen LogP contribution in [0.4, 0.5) is 10.1 Å². The van der Waals surface area contributed by atoms with Crippen molar-refractivity contribution in [3.05, 3.63) is 76.9 Å². The number of rotatable bonds is 6. The molecular weight excluding hydrogens is 395 g/mol. The monoisotopic (exact) mass is 416 g/mol. The van der Waals surface area contributed by atoms with Gasteiger partial charge < -0.3 is 5.32 Å². The Balaban J connectivity index is 1.82. The molecule has 3 rings (SSSR count). The van der Waals surface area contributed by atoms with E-state index in [0.717, 1.165) is 6.26 Å². The molecule has 1 aromatic heterocycles. The van der Waals surface area contributed by atoms with Gasteiger partial charge in [0, 0.05) is 6.54 Å². The summed E-state index contributed by atoms with van der Waals surface area (Å²) in [7, 11) is -3.44. The quantitative estimate of drug-likeness (QED) is 0.646. The number of amides is 1. The number of benzene rings is 2. The number of aryl methyl sites for hydroxylation is 1. The number of carbonyl (C=O) groups is 1. The summed E-state index contributed by atoms with van der Waals surface area (Å²) in [5.41, 5.74) is 3.26. The van der Waals surface area contributed by atoms with Gasteiger partial charge >= 0.3 is 0 Å². The number of aromatic nitrogens is 2. The molecule has 0 fully saturated rings. The highest BCUT2D eigenvalue weighted by Crippen LogP contribution is 2.20. The molecule has 9 heteroatoms. The Bertz CT molecular complexity index is 1150. The standard InChI is InChI=1S/C20H21FN4O3S/c1-13-19(14(2)25(23-13)17-10-8-16(21)9-11-17)20(26)22-12-15-6-4-5-7-18(15)24-29(3,27)28/h4-11,24H,12H2,1-3H3,(H,22,26). The maximum Gasteiger partial charge on any atom is 0.255 e. The van der Waals surface area contributed by atoms with Gasteiger partial charge in [0.1, 0.15) is 5.82 Å². The highest BCUT2D eigenvalue weighted by atomic mass is 32.2. The van der Waals surface area contributed by atoms with Crippen molar-refractivity contribution in [1.82, 2.24) is 15.1 Å². The highest BCUT2D eigenvalue weighted by molar-refractivity contribution is 7.92. The van der Waals surface area contributed by atoms with Crippen LogP contribution in [0.25, 0.3) is 5.69 Å². The number of hydrogen-bond acceptors (Lipinski definition) is 4. The third-order valence-corrected chi connectivity index (χ3v) is 4.93. The molecule has 29 heavy (non-hydrogen) atoms. The number of anilines is 1. The number of carbonyl (C=O) groups excluding carboxylic acids is 1. The van der Waals surface area contributed by atoms with E-state index in [0.29, 0.717) is 33.9 Å². The topological polar surface area (TPSA) is 93.1 Å². The van der Waals surface area contributed by atoms with Crippen LogP contribution in [0.1, 0.15) is 27.3 Å². The van der Waals surface area contributed by atoms with Crippen molar-refractivity contribution in [2.45, 2.75) is 20.4 Å². The first-order valence-corrected chi connectivity index (χ1v) is 10.7. The Morgan fingerprint density at radius 3 is 2.41 bits per heavy atom. The first-order valence-electron chi connectivity index (χ1n) is 8.82. The smallest absolute Gasteiger partial charge is 0.255 e. The number of sulfonamides is 1. The van der Waals surface area contributed by atoms with Crippen LogP contribution in [0.2, 0.25) is 0 Å². The van der Waals surface area contributed by atoms with Crippen LogP contribution in [0.15, 0.2) is 48.5 Å². The van der Waals surface area contributed by atoms with E-state index in [2.05, 4.69) is 15.1 Å². The first-order chi connectivity index (χ1) is 13.7. The van der Waals surface area contributed by atoms with Crippen LogP contribution >= 0.6 is 0 Å². The van der Waals surface area contributed by atoms with Gasteiger partial charge in [-0.1, -0.05) is 18.2 Å². The Hall–Kier alpha value is -3.20. The number of hydrogen-bond donors (Lipinski definition) is 2. The molecule has 0 bridgehead atoms. The predicted molar refractivity (Wildman–Crippen MR) is 109 cm³/mol. The summed E-state index contributed by atoms with van der Waals surface area (Å²) in [6.45, 7) is 3.62. The van der Waals surface area contributed by atoms with Gasteiger partial charge in [-0.3, -0.25) is 9.52 Å². The van der Waals surface area contributed by atoms with E-state index in [9.17, 15) is 17.6 Å². The third-order valence-electron chi connectivity index (χ3n) is 4.34. The summed E-state index contributed by atoms with van der Waals surface area (Å²) < 4.78 is 40.3. The zero-order valence-electron chi connectivity index (χ0n) is 16.2. The fourth-order valence-corrected chi connectivity index (χ4v) is 3.64. The Morgan fingerprint density at radius 1 is 1.10 bits per heavy atom. The van der Waals surface area contributed by atoms with Crippen LogP contribution < -0.4 is 10.0 Å². The minimum absolute atomic E-state index is 0.137. The summed E-state index contributed by atoms with van der Waals surface area (Å²) in [5, 5.41) is 7.20. The lowest BCUT2D eigenvalue weighted by Gasteiger charge is -2.12. The van der Waals surface area contributed by atoms with Gasteiger partial charge in [-0.25, -0.2) is 17.5 Å². The van der Waals surface area contributed by atoms with Gasteiger partial charge in [0.2, 0.25) is 10.0 Å². The van der Waals surface area contributed by atoms with Crippen molar-refractivity contribution < 1.29 is 17.6 Å². The lowest BCUT2D eigenvalue weighted by Crippen LogP contribution is -2.25. The van der Waals surface area contributed by atoms with Crippen molar-refractivity contribution in [1.29, 1.82) is 0 Å². The summed E-state index contributed by atoms with van der Waals surface area (Å²) in [5.74, 6) is -0.683. The van der Waals surface area contributed by atoms with E-state index in [1.165, 1.54) is 12.1 Å². The molecule has 0 unspecified atom stereocenters. The van der Waals surface area contributed by atoms with E-state index >= 15 is 0 Å². The number of halogens is 1. The van der Waals surface area contributed by atoms with Crippen LogP contribution in [-0.2, 0) is 16.6 Å². The maximum atomic E-state index is 13.2. The molecule has 0 aliphatic carbocycles. The van der Waals surface area contributed by atoms with Gasteiger partial charge in [0.05, 0.1) is 34.6 Å². The molecule has 0 radical (unpaired) electrons. The Morgan fingerprint density at radius 2 is 1.76 bits per heavy atom. The van der Waals surface area contributed by atoms with E-state index in [1.807, 2.05) is 0 Å². The van der Waals surface area contributed by atoms with E-state index in [4.69, 9.17) is 0 Å². The molecule has 2 aromatic carbocycles. The molecule has 0 saturated carbocycles. The van der Waals surface area contributed by atoms with Crippen LogP contribution in [0, 0.1) is 19.7 Å². The van der Waals surface area contributed by atoms with Crippen molar-refractivity contribution in [3.63, 3.8) is 0 Å². The number of para-hydroxylation sites is 1. The van der Waals surface area contributed by atoms with Crippen LogP contribution in [0.3, 0.4) is 0 Å². The van der Waals surface area contributed by atoms with Crippen molar-refractivity contribution in [3.8, 4) is 5.69 Å². The average molecular weight is 416 g/mol. The fraction of sp³-hybridized carbons (Fsp3) is 0.200. The Kier molecular flexibility index (Phi) is 5.69. The molecule has 1 amide bonds. The molecule has 0 saturated heterocycles. The van der Waals surface area contributed by atoms with Gasteiger partial charge in [0.25, 0.3) is 5.91 Å². The van der Waals surface area contributed by atoms with Crippen molar-refractivity contribution in [2.75, 3.05) is 11.0 Å². The van der Waals surface area contributed by atoms with Gasteiger partial charge in [-0.15, -0.1) is 0 Å². The summed E-state index contributed by atoms with van der Waals surface area (Å²) in [6, 6.07) is 12.7. The lowest BCUT2D eigenvalue weighted by atomic mass is 10.1. The predicted octanol–water partition coefficient (Wildman–Crippen LogP) is 2.93. The molecule has 0 atom stereocenters. The van der Waals surface area contributed by atoms with Gasteiger partial charge in [-0.2, -0.15) is 5.10 Å². The number of nitrogens with zero attached hydrogens (tertiary/aromatic N) is 2.